The number of aliphatic carboxylic acids is 1. The Hall–Kier alpha value is -2.08. The highest BCUT2D eigenvalue weighted by molar-refractivity contribution is 5.82. The van der Waals surface area contributed by atoms with Gasteiger partial charge in [-0.2, -0.15) is 0 Å². The summed E-state index contributed by atoms with van der Waals surface area (Å²) in [6.07, 6.45) is 0. The lowest BCUT2D eigenvalue weighted by atomic mass is 10.2. The maximum atomic E-state index is 11.1. The number of carbonyl (C=O) groups excluding carboxylic acids is 1. The van der Waals surface area contributed by atoms with Crippen molar-refractivity contribution in [3.8, 4) is 5.75 Å². The van der Waals surface area contributed by atoms with E-state index in [1.165, 1.54) is 6.92 Å². The van der Waals surface area contributed by atoms with Crippen LogP contribution >= 0.6 is 0 Å². The molecular weight excluding hydrogens is 260 g/mol. The van der Waals surface area contributed by atoms with Gasteiger partial charge in [-0.15, -0.1) is 0 Å². The van der Waals surface area contributed by atoms with Crippen LogP contribution in [0, 0.1) is 0 Å². The quantitative estimate of drug-likeness (QED) is 0.769. The second-order valence-corrected chi connectivity index (χ2v) is 4.64. The minimum Gasteiger partial charge on any atom is -0.497 e. The van der Waals surface area contributed by atoms with Crippen molar-refractivity contribution in [1.82, 2.24) is 10.2 Å². The third-order valence-electron chi connectivity index (χ3n) is 2.76. The van der Waals surface area contributed by atoms with E-state index in [4.69, 9.17) is 9.84 Å². The fourth-order valence-corrected chi connectivity index (χ4v) is 1.89. The Labute approximate surface area is 118 Å². The zero-order valence-electron chi connectivity index (χ0n) is 11.9. The molecule has 0 bridgehead atoms. The lowest BCUT2D eigenvalue weighted by Gasteiger charge is -2.22. The van der Waals surface area contributed by atoms with Gasteiger partial charge in [0.25, 0.3) is 0 Å². The molecule has 110 valence electrons. The molecule has 6 heteroatoms. The Kier molecular flexibility index (Phi) is 5.99. The molecule has 0 saturated carbocycles. The van der Waals surface area contributed by atoms with Crippen LogP contribution in [0.1, 0.15) is 12.5 Å². The molecule has 1 rings (SSSR count). The molecule has 1 atom stereocenters. The molecule has 0 aliphatic carbocycles. The molecule has 0 aliphatic rings. The zero-order valence-corrected chi connectivity index (χ0v) is 11.9. The van der Waals surface area contributed by atoms with E-state index in [1.54, 1.807) is 14.2 Å². The molecule has 6 nitrogen and oxygen atoms in total. The van der Waals surface area contributed by atoms with E-state index in [1.807, 2.05) is 29.2 Å². The highest BCUT2D eigenvalue weighted by atomic mass is 16.5. The number of nitrogens with zero attached hydrogens (tertiary/aromatic N) is 1. The Balaban J connectivity index is 2.62. The van der Waals surface area contributed by atoms with Gasteiger partial charge in [0.1, 0.15) is 11.8 Å². The minimum atomic E-state index is -1.04. The zero-order chi connectivity index (χ0) is 15.1. The molecule has 1 aromatic carbocycles. The van der Waals surface area contributed by atoms with Crippen LogP contribution in [0.4, 0.5) is 0 Å². The van der Waals surface area contributed by atoms with Crippen LogP contribution in [0.15, 0.2) is 24.3 Å². The van der Waals surface area contributed by atoms with Gasteiger partial charge in [0.15, 0.2) is 0 Å². The molecule has 0 heterocycles. The van der Waals surface area contributed by atoms with E-state index in [0.29, 0.717) is 6.54 Å². The third kappa shape index (κ3) is 5.27. The summed E-state index contributed by atoms with van der Waals surface area (Å²) in [5.74, 6) is -0.641. The SMILES string of the molecule is COc1cccc(CN(C)CC(NC(C)=O)C(=O)O)c1. The second-order valence-electron chi connectivity index (χ2n) is 4.64. The number of likely N-dealkylation sites (N-methyl/N-ethyl adjacent to an activating group) is 1. The maximum absolute atomic E-state index is 11.1. The first-order chi connectivity index (χ1) is 9.42. The van der Waals surface area contributed by atoms with Crippen molar-refractivity contribution >= 4 is 11.9 Å². The van der Waals surface area contributed by atoms with Gasteiger partial charge in [0.05, 0.1) is 7.11 Å². The molecule has 0 spiro atoms. The smallest absolute Gasteiger partial charge is 0.327 e. The van der Waals surface area contributed by atoms with Gasteiger partial charge in [-0.25, -0.2) is 4.79 Å². The van der Waals surface area contributed by atoms with E-state index in [2.05, 4.69) is 5.32 Å². The van der Waals surface area contributed by atoms with Gasteiger partial charge in [0.2, 0.25) is 5.91 Å². The highest BCUT2D eigenvalue weighted by Gasteiger charge is 2.20. The normalized spacial score (nSPS) is 12.0. The van der Waals surface area contributed by atoms with Crippen molar-refractivity contribution in [3.05, 3.63) is 29.8 Å². The van der Waals surface area contributed by atoms with Crippen molar-refractivity contribution < 1.29 is 19.4 Å². The number of rotatable bonds is 7. The lowest BCUT2D eigenvalue weighted by Crippen LogP contribution is -2.46. The van der Waals surface area contributed by atoms with E-state index in [0.717, 1.165) is 11.3 Å². The molecule has 0 fully saturated rings. The summed E-state index contributed by atoms with van der Waals surface area (Å²) < 4.78 is 5.14. The summed E-state index contributed by atoms with van der Waals surface area (Å²) >= 11 is 0. The van der Waals surface area contributed by atoms with Crippen molar-refractivity contribution in [1.29, 1.82) is 0 Å². The van der Waals surface area contributed by atoms with E-state index < -0.39 is 12.0 Å². The lowest BCUT2D eigenvalue weighted by molar-refractivity contribution is -0.142. The fraction of sp³-hybridized carbons (Fsp3) is 0.429. The minimum absolute atomic E-state index is 0.228. The number of carboxylic acids is 1. The number of nitrogens with one attached hydrogen (secondary N) is 1. The Morgan fingerprint density at radius 3 is 2.70 bits per heavy atom. The van der Waals surface area contributed by atoms with Crippen LogP contribution in [0.5, 0.6) is 5.75 Å². The number of benzene rings is 1. The monoisotopic (exact) mass is 280 g/mol. The molecule has 2 N–H and O–H groups in total. The Morgan fingerprint density at radius 2 is 2.15 bits per heavy atom. The van der Waals surface area contributed by atoms with Gasteiger partial charge in [0, 0.05) is 20.0 Å². The summed E-state index contributed by atoms with van der Waals surface area (Å²) in [4.78, 5) is 23.9. The fourth-order valence-electron chi connectivity index (χ4n) is 1.89. The predicted molar refractivity (Wildman–Crippen MR) is 74.6 cm³/mol. The van der Waals surface area contributed by atoms with Crippen LogP contribution in [-0.2, 0) is 16.1 Å². The molecule has 0 aliphatic heterocycles. The van der Waals surface area contributed by atoms with E-state index >= 15 is 0 Å². The maximum Gasteiger partial charge on any atom is 0.327 e. The Bertz CT molecular complexity index is 476. The molecule has 20 heavy (non-hydrogen) atoms. The molecule has 1 aromatic rings. The molecule has 0 aromatic heterocycles. The van der Waals surface area contributed by atoms with Crippen LogP contribution < -0.4 is 10.1 Å². The topological polar surface area (TPSA) is 78.9 Å². The Morgan fingerprint density at radius 1 is 1.45 bits per heavy atom. The number of methoxy groups -OCH3 is 1. The predicted octanol–water partition coefficient (Wildman–Crippen LogP) is 0.716. The first kappa shape index (κ1) is 16.0. The first-order valence-corrected chi connectivity index (χ1v) is 6.23. The molecule has 0 radical (unpaired) electrons. The second kappa shape index (κ2) is 7.49. The summed E-state index contributed by atoms with van der Waals surface area (Å²) in [5.41, 5.74) is 1.01. The number of amides is 1. The number of hydrogen-bond donors (Lipinski definition) is 2. The van der Waals surface area contributed by atoms with Crippen molar-refractivity contribution in [3.63, 3.8) is 0 Å². The van der Waals surface area contributed by atoms with Crippen LogP contribution in [0.3, 0.4) is 0 Å². The number of carbonyl (C=O) groups is 2. The van der Waals surface area contributed by atoms with Crippen LogP contribution in [0.25, 0.3) is 0 Å². The molecule has 0 saturated heterocycles. The highest BCUT2D eigenvalue weighted by Crippen LogP contribution is 2.13. The van der Waals surface area contributed by atoms with E-state index in [-0.39, 0.29) is 12.5 Å². The summed E-state index contributed by atoms with van der Waals surface area (Å²) in [6, 6.07) is 6.64. The number of carboxylic acid groups (broad SMARTS) is 1. The number of ether oxygens (including phenoxy) is 1. The summed E-state index contributed by atoms with van der Waals surface area (Å²) in [5, 5.41) is 11.5. The van der Waals surface area contributed by atoms with Crippen LogP contribution in [0.2, 0.25) is 0 Å². The third-order valence-corrected chi connectivity index (χ3v) is 2.76. The standard InChI is InChI=1S/C14H20N2O4/c1-10(17)15-13(14(18)19)9-16(2)8-11-5-4-6-12(7-11)20-3/h4-7,13H,8-9H2,1-3H3,(H,15,17)(H,18,19). The molecule has 1 unspecified atom stereocenters. The number of hydrogen-bond acceptors (Lipinski definition) is 4. The summed E-state index contributed by atoms with van der Waals surface area (Å²) in [6.45, 7) is 2.10. The van der Waals surface area contributed by atoms with Gasteiger partial charge < -0.3 is 15.2 Å². The molecular formula is C14H20N2O4. The summed E-state index contributed by atoms with van der Waals surface area (Å²) in [7, 11) is 3.40. The van der Waals surface area contributed by atoms with Gasteiger partial charge >= 0.3 is 5.97 Å². The van der Waals surface area contributed by atoms with Crippen molar-refractivity contribution in [2.75, 3.05) is 20.7 Å². The molecule has 1 amide bonds. The average molecular weight is 280 g/mol. The van der Waals surface area contributed by atoms with Crippen molar-refractivity contribution in [2.45, 2.75) is 19.5 Å². The van der Waals surface area contributed by atoms with Crippen LogP contribution in [-0.4, -0.2) is 48.6 Å². The van der Waals surface area contributed by atoms with E-state index in [9.17, 15) is 9.59 Å². The van der Waals surface area contributed by atoms with Gasteiger partial charge in [-0.3, -0.25) is 9.69 Å². The average Bonchev–Trinajstić information content (AvgIpc) is 2.37. The van der Waals surface area contributed by atoms with Crippen molar-refractivity contribution in [2.24, 2.45) is 0 Å². The van der Waals surface area contributed by atoms with Gasteiger partial charge in [-0.1, -0.05) is 12.1 Å². The largest absolute Gasteiger partial charge is 0.497 e. The van der Waals surface area contributed by atoms with Gasteiger partial charge in [-0.05, 0) is 24.7 Å². The first-order valence-electron chi connectivity index (χ1n) is 6.23.